The molecule has 0 rings (SSSR count). The highest BCUT2D eigenvalue weighted by atomic mass is 16.3. The molecule has 1 atom stereocenters. The van der Waals surface area contributed by atoms with E-state index in [4.69, 9.17) is 5.11 Å². The zero-order valence-electron chi connectivity index (χ0n) is 9.65. The molecule has 2 heteroatoms. The predicted molar refractivity (Wildman–Crippen MR) is 57.5 cm³/mol. The SMILES string of the molecule is CC.CC.CCCNC[C@@H](C)O. The topological polar surface area (TPSA) is 32.3 Å². The molecule has 0 heterocycles. The Morgan fingerprint density at radius 2 is 1.58 bits per heavy atom. The van der Waals surface area contributed by atoms with E-state index >= 15 is 0 Å². The van der Waals surface area contributed by atoms with Crippen LogP contribution in [0.4, 0.5) is 0 Å². The average Bonchev–Trinajstić information content (AvgIpc) is 2.12. The summed E-state index contributed by atoms with van der Waals surface area (Å²) in [5.74, 6) is 0. The molecule has 0 aromatic rings. The standard InChI is InChI=1S/C6H15NO.2C2H6/c1-3-4-7-5-6(2)8;2*1-2/h6-8H,3-5H2,1-2H3;2*1-2H3/t6-;;/m1../s1. The highest BCUT2D eigenvalue weighted by Crippen LogP contribution is 1.75. The van der Waals surface area contributed by atoms with Gasteiger partial charge in [-0.1, -0.05) is 34.6 Å². The average molecular weight is 177 g/mol. The molecular weight excluding hydrogens is 150 g/mol. The van der Waals surface area contributed by atoms with Gasteiger partial charge in [0.05, 0.1) is 6.10 Å². The first-order valence-corrected chi connectivity index (χ1v) is 5.16. The van der Waals surface area contributed by atoms with E-state index in [0.717, 1.165) is 13.0 Å². The van der Waals surface area contributed by atoms with E-state index in [1.165, 1.54) is 0 Å². The van der Waals surface area contributed by atoms with Crippen LogP contribution in [-0.2, 0) is 0 Å². The molecular formula is C10H27NO. The minimum atomic E-state index is -0.207. The van der Waals surface area contributed by atoms with Gasteiger partial charge in [0.2, 0.25) is 0 Å². The van der Waals surface area contributed by atoms with Crippen LogP contribution in [0.2, 0.25) is 0 Å². The first-order valence-electron chi connectivity index (χ1n) is 5.16. The van der Waals surface area contributed by atoms with Crippen LogP contribution in [-0.4, -0.2) is 24.3 Å². The minimum Gasteiger partial charge on any atom is -0.392 e. The lowest BCUT2D eigenvalue weighted by atomic mass is 10.4. The molecule has 0 saturated carbocycles. The van der Waals surface area contributed by atoms with Crippen molar-refractivity contribution in [3.8, 4) is 0 Å². The summed E-state index contributed by atoms with van der Waals surface area (Å²) >= 11 is 0. The summed E-state index contributed by atoms with van der Waals surface area (Å²) in [4.78, 5) is 0. The largest absolute Gasteiger partial charge is 0.392 e. The Morgan fingerprint density at radius 3 is 1.83 bits per heavy atom. The third-order valence-electron chi connectivity index (χ3n) is 0.867. The van der Waals surface area contributed by atoms with Crippen LogP contribution < -0.4 is 5.32 Å². The maximum Gasteiger partial charge on any atom is 0.0636 e. The molecule has 0 spiro atoms. The van der Waals surface area contributed by atoms with E-state index in [-0.39, 0.29) is 6.10 Å². The van der Waals surface area contributed by atoms with Gasteiger partial charge < -0.3 is 10.4 Å². The number of rotatable bonds is 4. The van der Waals surface area contributed by atoms with Gasteiger partial charge >= 0.3 is 0 Å². The fourth-order valence-electron chi connectivity index (χ4n) is 0.488. The third-order valence-corrected chi connectivity index (χ3v) is 0.867. The van der Waals surface area contributed by atoms with Gasteiger partial charge in [0, 0.05) is 6.54 Å². The number of nitrogens with one attached hydrogen (secondary N) is 1. The van der Waals surface area contributed by atoms with E-state index < -0.39 is 0 Å². The van der Waals surface area contributed by atoms with Gasteiger partial charge in [-0.3, -0.25) is 0 Å². The number of aliphatic hydroxyl groups is 1. The summed E-state index contributed by atoms with van der Waals surface area (Å²) in [5, 5.41) is 11.8. The molecule has 2 N–H and O–H groups in total. The zero-order valence-corrected chi connectivity index (χ0v) is 9.65. The summed E-state index contributed by atoms with van der Waals surface area (Å²) in [5.41, 5.74) is 0. The number of hydrogen-bond acceptors (Lipinski definition) is 2. The maximum absolute atomic E-state index is 8.72. The van der Waals surface area contributed by atoms with Crippen molar-refractivity contribution < 1.29 is 5.11 Å². The van der Waals surface area contributed by atoms with Crippen LogP contribution in [0.1, 0.15) is 48.0 Å². The molecule has 0 aliphatic heterocycles. The van der Waals surface area contributed by atoms with Gasteiger partial charge in [-0.05, 0) is 19.9 Å². The van der Waals surface area contributed by atoms with Crippen molar-refractivity contribution in [3.63, 3.8) is 0 Å². The smallest absolute Gasteiger partial charge is 0.0636 e. The lowest BCUT2D eigenvalue weighted by molar-refractivity contribution is 0.191. The van der Waals surface area contributed by atoms with E-state index in [9.17, 15) is 0 Å². The monoisotopic (exact) mass is 177 g/mol. The highest BCUT2D eigenvalue weighted by Gasteiger charge is 1.90. The second-order valence-electron chi connectivity index (χ2n) is 2.05. The normalized spacial score (nSPS) is 10.2. The molecule has 0 saturated heterocycles. The molecule has 0 unspecified atom stereocenters. The summed E-state index contributed by atoms with van der Waals surface area (Å²) in [6.07, 6.45) is 0.925. The van der Waals surface area contributed by atoms with Gasteiger partial charge in [-0.15, -0.1) is 0 Å². The van der Waals surface area contributed by atoms with E-state index in [2.05, 4.69) is 12.2 Å². The van der Waals surface area contributed by atoms with Crippen LogP contribution >= 0.6 is 0 Å². The molecule has 0 aliphatic carbocycles. The summed E-state index contributed by atoms with van der Waals surface area (Å²) in [7, 11) is 0. The van der Waals surface area contributed by atoms with Gasteiger partial charge in [-0.25, -0.2) is 0 Å². The van der Waals surface area contributed by atoms with E-state index in [1.807, 2.05) is 27.7 Å². The van der Waals surface area contributed by atoms with Crippen LogP contribution in [0.25, 0.3) is 0 Å². The molecule has 2 nitrogen and oxygen atoms in total. The second kappa shape index (κ2) is 22.4. The first-order chi connectivity index (χ1) is 5.77. The molecule has 0 fully saturated rings. The quantitative estimate of drug-likeness (QED) is 0.646. The predicted octanol–water partition coefficient (Wildman–Crippen LogP) is 2.42. The third kappa shape index (κ3) is 32.6. The lowest BCUT2D eigenvalue weighted by Crippen LogP contribution is -2.24. The molecule has 0 aromatic heterocycles. The molecule has 0 radical (unpaired) electrons. The maximum atomic E-state index is 8.72. The van der Waals surface area contributed by atoms with Crippen molar-refractivity contribution in [2.75, 3.05) is 13.1 Å². The Kier molecular flexibility index (Phi) is 33.4. The van der Waals surface area contributed by atoms with Crippen molar-refractivity contribution in [2.24, 2.45) is 0 Å². The van der Waals surface area contributed by atoms with Gasteiger partial charge in [-0.2, -0.15) is 0 Å². The molecule has 0 aromatic carbocycles. The van der Waals surface area contributed by atoms with Crippen molar-refractivity contribution in [1.82, 2.24) is 5.32 Å². The fourth-order valence-corrected chi connectivity index (χ4v) is 0.488. The highest BCUT2D eigenvalue weighted by molar-refractivity contribution is 4.50. The molecule has 0 amide bonds. The summed E-state index contributed by atoms with van der Waals surface area (Å²) in [6, 6.07) is 0. The van der Waals surface area contributed by atoms with E-state index in [0.29, 0.717) is 6.54 Å². The minimum absolute atomic E-state index is 0.207. The van der Waals surface area contributed by atoms with Gasteiger partial charge in [0.25, 0.3) is 0 Å². The van der Waals surface area contributed by atoms with Crippen molar-refractivity contribution in [1.29, 1.82) is 0 Å². The molecule has 0 bridgehead atoms. The molecule has 0 aliphatic rings. The fraction of sp³-hybridized carbons (Fsp3) is 1.00. The first kappa shape index (κ1) is 17.9. The second-order valence-corrected chi connectivity index (χ2v) is 2.05. The Bertz CT molecular complexity index is 47.1. The summed E-state index contributed by atoms with van der Waals surface area (Å²) < 4.78 is 0. The zero-order chi connectivity index (χ0) is 10.4. The van der Waals surface area contributed by atoms with Crippen LogP contribution in [0.5, 0.6) is 0 Å². The van der Waals surface area contributed by atoms with Crippen molar-refractivity contribution >= 4 is 0 Å². The van der Waals surface area contributed by atoms with Gasteiger partial charge in [0.15, 0.2) is 0 Å². The van der Waals surface area contributed by atoms with Crippen LogP contribution in [0.15, 0.2) is 0 Å². The number of aliphatic hydroxyl groups excluding tert-OH is 1. The Labute approximate surface area is 78.4 Å². The Hall–Kier alpha value is -0.0800. The van der Waals surface area contributed by atoms with Crippen LogP contribution in [0.3, 0.4) is 0 Å². The summed E-state index contributed by atoms with van der Waals surface area (Å²) in [6.45, 7) is 13.6. The van der Waals surface area contributed by atoms with Crippen molar-refractivity contribution in [3.05, 3.63) is 0 Å². The molecule has 78 valence electrons. The Balaban J connectivity index is -0.000000175. The molecule has 12 heavy (non-hydrogen) atoms. The van der Waals surface area contributed by atoms with Gasteiger partial charge in [0.1, 0.15) is 0 Å². The Morgan fingerprint density at radius 1 is 1.17 bits per heavy atom. The van der Waals surface area contributed by atoms with E-state index in [1.54, 1.807) is 6.92 Å². The van der Waals surface area contributed by atoms with Crippen molar-refractivity contribution in [2.45, 2.75) is 54.1 Å². The lowest BCUT2D eigenvalue weighted by Gasteiger charge is -2.03. The van der Waals surface area contributed by atoms with Crippen LogP contribution in [0, 0.1) is 0 Å². The number of hydrogen-bond donors (Lipinski definition) is 2.